The summed E-state index contributed by atoms with van der Waals surface area (Å²) in [6.07, 6.45) is -1.59. The monoisotopic (exact) mass is 220 g/mol. The molecule has 4 N–H and O–H groups in total. The molecule has 2 atom stereocenters. The van der Waals surface area contributed by atoms with Gasteiger partial charge in [0.15, 0.2) is 0 Å². The molecule has 0 saturated carbocycles. The van der Waals surface area contributed by atoms with Crippen LogP contribution < -0.4 is 5.73 Å². The number of nitrogens with two attached hydrogens (primary N) is 1. The van der Waals surface area contributed by atoms with Gasteiger partial charge in [0.1, 0.15) is 17.7 Å². The lowest BCUT2D eigenvalue weighted by molar-refractivity contribution is 0.0328. The number of anilines is 1. The maximum absolute atomic E-state index is 12.7. The third kappa shape index (κ3) is 2.31. The molecule has 0 radical (unpaired) electrons. The Morgan fingerprint density at radius 1 is 1.57 bits per heavy atom. The van der Waals surface area contributed by atoms with Crippen molar-refractivity contribution in [2.24, 2.45) is 0 Å². The Labute approximate surface area is 85.1 Å². The lowest BCUT2D eigenvalue weighted by Gasteiger charge is -2.16. The highest BCUT2D eigenvalue weighted by Gasteiger charge is 2.20. The normalized spacial score (nSPS) is 15.1. The molecule has 1 aromatic rings. The predicted molar refractivity (Wildman–Crippen MR) is 50.3 cm³/mol. The van der Waals surface area contributed by atoms with Crippen LogP contribution in [0.3, 0.4) is 0 Å². The molecule has 2 unspecified atom stereocenters. The van der Waals surface area contributed by atoms with Crippen molar-refractivity contribution in [3.63, 3.8) is 0 Å². The van der Waals surface area contributed by atoms with Gasteiger partial charge in [0.25, 0.3) is 0 Å². The summed E-state index contributed by atoms with van der Waals surface area (Å²) >= 11 is 5.32. The third-order valence-electron chi connectivity index (χ3n) is 1.76. The third-order valence-corrected chi connectivity index (χ3v) is 2.07. The molecule has 0 aliphatic rings. The molecular weight excluding hydrogens is 211 g/mol. The number of hydrogen-bond acceptors (Lipinski definition) is 4. The molecule has 0 aliphatic carbocycles. The van der Waals surface area contributed by atoms with Gasteiger partial charge in [-0.1, -0.05) is 0 Å². The van der Waals surface area contributed by atoms with E-state index in [9.17, 15) is 14.6 Å². The van der Waals surface area contributed by atoms with Crippen LogP contribution in [0.25, 0.3) is 0 Å². The number of nitrogens with zero attached hydrogens (tertiary/aromatic N) is 1. The second-order valence-corrected chi connectivity index (χ2v) is 3.10. The summed E-state index contributed by atoms with van der Waals surface area (Å²) < 4.78 is 12.7. The van der Waals surface area contributed by atoms with Crippen LogP contribution in [0.4, 0.5) is 10.2 Å². The van der Waals surface area contributed by atoms with E-state index in [-0.39, 0.29) is 17.3 Å². The molecule has 0 saturated heterocycles. The van der Waals surface area contributed by atoms with Crippen molar-refractivity contribution in [1.29, 1.82) is 0 Å². The smallest absolute Gasteiger partial charge is 0.142 e. The van der Waals surface area contributed by atoms with E-state index in [4.69, 9.17) is 17.3 Å². The van der Waals surface area contributed by atoms with E-state index in [0.717, 1.165) is 12.3 Å². The van der Waals surface area contributed by atoms with Crippen molar-refractivity contribution in [2.75, 3.05) is 11.6 Å². The molecule has 6 heteroatoms. The molecular formula is C8H10ClFN2O2. The highest BCUT2D eigenvalue weighted by molar-refractivity contribution is 6.18. The van der Waals surface area contributed by atoms with Gasteiger partial charge in [-0.3, -0.25) is 0 Å². The molecule has 1 heterocycles. The van der Waals surface area contributed by atoms with Crippen LogP contribution in [0.1, 0.15) is 11.7 Å². The second-order valence-electron chi connectivity index (χ2n) is 2.79. The topological polar surface area (TPSA) is 79.4 Å². The molecule has 1 rings (SSSR count). The Hall–Kier alpha value is -0.910. The molecule has 0 aliphatic heterocycles. The zero-order valence-corrected chi connectivity index (χ0v) is 7.95. The number of aliphatic hydroxyl groups is 2. The van der Waals surface area contributed by atoms with E-state index in [2.05, 4.69) is 4.98 Å². The van der Waals surface area contributed by atoms with E-state index in [1.54, 1.807) is 0 Å². The first kappa shape index (κ1) is 11.2. The van der Waals surface area contributed by atoms with Crippen molar-refractivity contribution in [1.82, 2.24) is 4.98 Å². The van der Waals surface area contributed by atoms with Gasteiger partial charge in [-0.15, -0.1) is 11.6 Å². The summed E-state index contributed by atoms with van der Waals surface area (Å²) in [5, 5.41) is 18.7. The number of alkyl halides is 1. The first-order valence-electron chi connectivity index (χ1n) is 3.89. The van der Waals surface area contributed by atoms with Crippen molar-refractivity contribution in [3.05, 3.63) is 23.6 Å². The molecule has 78 valence electrons. The molecule has 0 fully saturated rings. The van der Waals surface area contributed by atoms with Crippen LogP contribution in [-0.4, -0.2) is 27.2 Å². The summed E-state index contributed by atoms with van der Waals surface area (Å²) in [6.45, 7) is 0. The highest BCUT2D eigenvalue weighted by Crippen LogP contribution is 2.22. The number of nitrogen functional groups attached to an aromatic ring is 1. The Kier molecular flexibility index (Phi) is 3.62. The van der Waals surface area contributed by atoms with Crippen molar-refractivity contribution in [2.45, 2.75) is 12.2 Å². The molecule has 4 nitrogen and oxygen atoms in total. The lowest BCUT2D eigenvalue weighted by Crippen LogP contribution is -2.21. The predicted octanol–water partition coefficient (Wildman–Crippen LogP) is 0.436. The van der Waals surface area contributed by atoms with Gasteiger partial charge in [-0.05, 0) is 6.07 Å². The Morgan fingerprint density at radius 3 is 2.79 bits per heavy atom. The minimum Gasteiger partial charge on any atom is -0.389 e. The summed E-state index contributed by atoms with van der Waals surface area (Å²) in [6, 6.07) is 1.02. The molecule has 0 bridgehead atoms. The maximum atomic E-state index is 12.7. The van der Waals surface area contributed by atoms with E-state index in [1.165, 1.54) is 0 Å². The molecule has 14 heavy (non-hydrogen) atoms. The van der Waals surface area contributed by atoms with E-state index >= 15 is 0 Å². The van der Waals surface area contributed by atoms with Crippen molar-refractivity contribution >= 4 is 17.4 Å². The van der Waals surface area contributed by atoms with E-state index in [1.807, 2.05) is 0 Å². The number of aliphatic hydroxyl groups excluding tert-OH is 2. The fraction of sp³-hybridized carbons (Fsp3) is 0.375. The summed E-state index contributed by atoms with van der Waals surface area (Å²) in [5.74, 6) is -0.824. The average molecular weight is 221 g/mol. The van der Waals surface area contributed by atoms with Crippen LogP contribution in [-0.2, 0) is 0 Å². The summed E-state index contributed by atoms with van der Waals surface area (Å²) in [7, 11) is 0. The molecule has 0 aromatic carbocycles. The second kappa shape index (κ2) is 4.54. The zero-order chi connectivity index (χ0) is 10.7. The van der Waals surface area contributed by atoms with Gasteiger partial charge < -0.3 is 15.9 Å². The van der Waals surface area contributed by atoms with Crippen LogP contribution >= 0.6 is 11.6 Å². The summed E-state index contributed by atoms with van der Waals surface area (Å²) in [4.78, 5) is 3.51. The van der Waals surface area contributed by atoms with Crippen LogP contribution in [0, 0.1) is 5.82 Å². The van der Waals surface area contributed by atoms with Crippen molar-refractivity contribution < 1.29 is 14.6 Å². The maximum Gasteiger partial charge on any atom is 0.142 e. The van der Waals surface area contributed by atoms with E-state index in [0.29, 0.717) is 0 Å². The van der Waals surface area contributed by atoms with Gasteiger partial charge in [0, 0.05) is 5.56 Å². The first-order chi connectivity index (χ1) is 6.56. The minimum atomic E-state index is -1.32. The van der Waals surface area contributed by atoms with Crippen LogP contribution in [0.15, 0.2) is 12.3 Å². The van der Waals surface area contributed by atoms with Gasteiger partial charge in [-0.2, -0.15) is 0 Å². The minimum absolute atomic E-state index is 0.0249. The zero-order valence-electron chi connectivity index (χ0n) is 7.19. The van der Waals surface area contributed by atoms with Gasteiger partial charge in [0.2, 0.25) is 0 Å². The molecule has 0 amide bonds. The fourth-order valence-electron chi connectivity index (χ4n) is 0.994. The Bertz CT molecular complexity index is 324. The summed E-state index contributed by atoms with van der Waals surface area (Å²) in [5.41, 5.74) is 5.43. The number of rotatable bonds is 3. The molecule has 1 aromatic heterocycles. The quantitative estimate of drug-likeness (QED) is 0.646. The number of pyridine rings is 1. The molecule has 0 spiro atoms. The highest BCUT2D eigenvalue weighted by atomic mass is 35.5. The standard InChI is InChI=1S/C8H10ClFN2O2/c9-2-6(13)7(14)5-1-4(10)3-12-8(5)11/h1,3,6-7,13-14H,2H2,(H2,11,12). The van der Waals surface area contributed by atoms with Crippen LogP contribution in [0.5, 0.6) is 0 Å². The van der Waals surface area contributed by atoms with Gasteiger partial charge >= 0.3 is 0 Å². The lowest BCUT2D eigenvalue weighted by atomic mass is 10.1. The fourth-order valence-corrected chi connectivity index (χ4v) is 1.16. The Balaban J connectivity index is 2.99. The number of halogens is 2. The number of hydrogen-bond donors (Lipinski definition) is 3. The number of aromatic nitrogens is 1. The SMILES string of the molecule is Nc1ncc(F)cc1C(O)C(O)CCl. The van der Waals surface area contributed by atoms with Gasteiger partial charge in [0.05, 0.1) is 18.2 Å². The van der Waals surface area contributed by atoms with Gasteiger partial charge in [-0.25, -0.2) is 9.37 Å². The van der Waals surface area contributed by atoms with Crippen molar-refractivity contribution in [3.8, 4) is 0 Å². The Morgan fingerprint density at radius 2 is 2.21 bits per heavy atom. The average Bonchev–Trinajstić information content (AvgIpc) is 2.19. The largest absolute Gasteiger partial charge is 0.389 e. The first-order valence-corrected chi connectivity index (χ1v) is 4.42. The van der Waals surface area contributed by atoms with Crippen LogP contribution in [0.2, 0.25) is 0 Å². The van der Waals surface area contributed by atoms with E-state index < -0.39 is 18.0 Å².